The van der Waals surface area contributed by atoms with Gasteiger partial charge in [0.1, 0.15) is 5.82 Å². The minimum atomic E-state index is -0.344. The molecule has 0 unspecified atom stereocenters. The molecule has 0 aliphatic carbocycles. The van der Waals surface area contributed by atoms with E-state index in [9.17, 15) is 9.18 Å². The van der Waals surface area contributed by atoms with Crippen molar-refractivity contribution < 1.29 is 9.18 Å². The van der Waals surface area contributed by atoms with Crippen LogP contribution in [0.25, 0.3) is 0 Å². The number of carbonyl (C=O) groups excluding carboxylic acids is 1. The molecule has 102 valence electrons. The monoisotopic (exact) mass is 262 g/mol. The van der Waals surface area contributed by atoms with Gasteiger partial charge in [-0.15, -0.1) is 0 Å². The van der Waals surface area contributed by atoms with E-state index < -0.39 is 0 Å². The van der Waals surface area contributed by atoms with Gasteiger partial charge in [-0.25, -0.2) is 4.39 Å². The lowest BCUT2D eigenvalue weighted by Crippen LogP contribution is -2.39. The number of benzene rings is 1. The maximum absolute atomic E-state index is 13.3. The predicted molar refractivity (Wildman–Crippen MR) is 71.6 cm³/mol. The van der Waals surface area contributed by atoms with E-state index >= 15 is 0 Å². The summed E-state index contributed by atoms with van der Waals surface area (Å²) in [6, 6.07) is 5.39. The van der Waals surface area contributed by atoms with Crippen molar-refractivity contribution in [3.63, 3.8) is 0 Å². The third-order valence-electron chi connectivity index (χ3n) is 4.24. The number of hydrogen-bond donors (Lipinski definition) is 1. The quantitative estimate of drug-likeness (QED) is 0.840. The van der Waals surface area contributed by atoms with Crippen LogP contribution in [0.1, 0.15) is 35.2 Å². The number of fused-ring (bicyclic) bond motifs is 2. The second kappa shape index (κ2) is 4.93. The smallest absolute Gasteiger partial charge is 0.254 e. The number of hydrogen-bond acceptors (Lipinski definition) is 2. The number of halogens is 1. The van der Waals surface area contributed by atoms with Crippen molar-refractivity contribution in [2.24, 2.45) is 0 Å². The Morgan fingerprint density at radius 3 is 2.95 bits per heavy atom. The molecular weight excluding hydrogens is 243 g/mol. The van der Waals surface area contributed by atoms with E-state index in [-0.39, 0.29) is 11.7 Å². The highest BCUT2D eigenvalue weighted by Gasteiger charge is 2.31. The molecule has 2 aliphatic rings. The molecule has 0 aromatic heterocycles. The molecule has 0 spiro atoms. The van der Waals surface area contributed by atoms with Crippen molar-refractivity contribution in [3.05, 3.63) is 35.1 Å². The van der Waals surface area contributed by atoms with Crippen LogP contribution >= 0.6 is 0 Å². The van der Waals surface area contributed by atoms with E-state index in [4.69, 9.17) is 0 Å². The Hall–Kier alpha value is -1.42. The van der Waals surface area contributed by atoms with Crippen LogP contribution in [0.5, 0.6) is 0 Å². The third-order valence-corrected chi connectivity index (χ3v) is 4.24. The van der Waals surface area contributed by atoms with Crippen LogP contribution in [0.3, 0.4) is 0 Å². The Morgan fingerprint density at radius 1 is 1.32 bits per heavy atom. The normalized spacial score (nSPS) is 26.3. The van der Waals surface area contributed by atoms with E-state index in [1.165, 1.54) is 18.6 Å². The Bertz CT molecular complexity index is 503. The fourth-order valence-corrected chi connectivity index (χ4v) is 3.12. The standard InChI is InChI=1S/C15H19FN2O/c1-10-2-3-11(16)8-14(10)15(19)18-7-6-12-4-5-13(9-18)17-12/h2-3,8,12-13,17H,4-7,9H2,1H3/t12-,13+/m1/s1. The van der Waals surface area contributed by atoms with Gasteiger partial charge in [-0.05, 0) is 43.9 Å². The SMILES string of the molecule is Cc1ccc(F)cc1C(=O)N1CC[C@H]2CC[C@@H](C1)N2. The average molecular weight is 262 g/mol. The summed E-state index contributed by atoms with van der Waals surface area (Å²) in [4.78, 5) is 14.4. The summed E-state index contributed by atoms with van der Waals surface area (Å²) in [5.74, 6) is -0.380. The highest BCUT2D eigenvalue weighted by Crippen LogP contribution is 2.22. The molecule has 1 aromatic carbocycles. The number of aryl methyl sites for hydroxylation is 1. The molecule has 1 N–H and O–H groups in total. The molecule has 2 aliphatic heterocycles. The molecule has 4 heteroatoms. The molecule has 0 radical (unpaired) electrons. The first-order chi connectivity index (χ1) is 9.13. The molecule has 3 nitrogen and oxygen atoms in total. The highest BCUT2D eigenvalue weighted by atomic mass is 19.1. The van der Waals surface area contributed by atoms with Gasteiger partial charge in [0.15, 0.2) is 0 Å². The largest absolute Gasteiger partial charge is 0.337 e. The lowest BCUT2D eigenvalue weighted by molar-refractivity contribution is 0.0747. The van der Waals surface area contributed by atoms with E-state index in [1.54, 1.807) is 6.07 Å². The molecule has 2 atom stereocenters. The topological polar surface area (TPSA) is 32.3 Å². The summed E-state index contributed by atoms with van der Waals surface area (Å²) in [6.07, 6.45) is 3.35. The summed E-state index contributed by atoms with van der Waals surface area (Å²) in [7, 11) is 0. The van der Waals surface area contributed by atoms with Crippen LogP contribution in [0.15, 0.2) is 18.2 Å². The summed E-state index contributed by atoms with van der Waals surface area (Å²) in [5, 5.41) is 3.55. The first-order valence-corrected chi connectivity index (χ1v) is 6.95. The van der Waals surface area contributed by atoms with Crippen molar-refractivity contribution in [1.29, 1.82) is 0 Å². The zero-order valence-corrected chi connectivity index (χ0v) is 11.2. The van der Waals surface area contributed by atoms with E-state index in [1.807, 2.05) is 11.8 Å². The molecule has 0 saturated carbocycles. The molecule has 1 amide bonds. The fourth-order valence-electron chi connectivity index (χ4n) is 3.12. The van der Waals surface area contributed by atoms with Crippen LogP contribution in [-0.4, -0.2) is 36.0 Å². The first-order valence-electron chi connectivity index (χ1n) is 6.95. The van der Waals surface area contributed by atoms with Crippen LogP contribution in [0.4, 0.5) is 4.39 Å². The number of nitrogens with zero attached hydrogens (tertiary/aromatic N) is 1. The number of likely N-dealkylation sites (tertiary alicyclic amines) is 1. The van der Waals surface area contributed by atoms with Crippen molar-refractivity contribution >= 4 is 5.91 Å². The number of nitrogens with one attached hydrogen (secondary N) is 1. The minimum absolute atomic E-state index is 0.0358. The molecule has 1 aromatic rings. The first kappa shape index (κ1) is 12.6. The Kier molecular flexibility index (Phi) is 3.27. The number of amides is 1. The second-order valence-electron chi connectivity index (χ2n) is 5.64. The van der Waals surface area contributed by atoms with Crippen LogP contribution in [0.2, 0.25) is 0 Å². The zero-order valence-electron chi connectivity index (χ0n) is 11.2. The van der Waals surface area contributed by atoms with Crippen molar-refractivity contribution in [2.75, 3.05) is 13.1 Å². The summed E-state index contributed by atoms with van der Waals surface area (Å²) in [6.45, 7) is 3.36. The van der Waals surface area contributed by atoms with Gasteiger partial charge in [-0.3, -0.25) is 4.79 Å². The molecular formula is C15H19FN2O. The van der Waals surface area contributed by atoms with E-state index in [0.29, 0.717) is 17.6 Å². The van der Waals surface area contributed by atoms with E-state index in [2.05, 4.69) is 5.32 Å². The van der Waals surface area contributed by atoms with Gasteiger partial charge in [-0.1, -0.05) is 6.07 Å². The Morgan fingerprint density at radius 2 is 2.11 bits per heavy atom. The van der Waals surface area contributed by atoms with Gasteiger partial charge < -0.3 is 10.2 Å². The van der Waals surface area contributed by atoms with Gasteiger partial charge in [0.25, 0.3) is 5.91 Å². The summed E-state index contributed by atoms with van der Waals surface area (Å²) in [5.41, 5.74) is 1.34. The maximum atomic E-state index is 13.3. The second-order valence-corrected chi connectivity index (χ2v) is 5.64. The zero-order chi connectivity index (χ0) is 13.4. The lowest BCUT2D eigenvalue weighted by Gasteiger charge is -2.25. The van der Waals surface area contributed by atoms with Gasteiger partial charge in [0.2, 0.25) is 0 Å². The summed E-state index contributed by atoms with van der Waals surface area (Å²) >= 11 is 0. The van der Waals surface area contributed by atoms with Gasteiger partial charge >= 0.3 is 0 Å². The molecule has 2 saturated heterocycles. The van der Waals surface area contributed by atoms with Crippen LogP contribution < -0.4 is 5.32 Å². The molecule has 2 bridgehead atoms. The average Bonchev–Trinajstić information content (AvgIpc) is 2.71. The molecule has 19 heavy (non-hydrogen) atoms. The van der Waals surface area contributed by atoms with Gasteiger partial charge in [-0.2, -0.15) is 0 Å². The Balaban J connectivity index is 1.81. The molecule has 3 rings (SSSR count). The van der Waals surface area contributed by atoms with Gasteiger partial charge in [0.05, 0.1) is 0 Å². The lowest BCUT2D eigenvalue weighted by atomic mass is 10.0. The predicted octanol–water partition coefficient (Wildman–Crippen LogP) is 2.10. The van der Waals surface area contributed by atoms with Crippen molar-refractivity contribution in [1.82, 2.24) is 10.2 Å². The van der Waals surface area contributed by atoms with E-state index in [0.717, 1.165) is 31.5 Å². The van der Waals surface area contributed by atoms with Crippen LogP contribution in [-0.2, 0) is 0 Å². The maximum Gasteiger partial charge on any atom is 0.254 e. The number of carbonyl (C=O) groups is 1. The minimum Gasteiger partial charge on any atom is -0.337 e. The van der Waals surface area contributed by atoms with Gasteiger partial charge in [0, 0.05) is 30.7 Å². The van der Waals surface area contributed by atoms with Crippen molar-refractivity contribution in [3.8, 4) is 0 Å². The number of rotatable bonds is 1. The van der Waals surface area contributed by atoms with Crippen LogP contribution in [0, 0.1) is 12.7 Å². The fraction of sp³-hybridized carbons (Fsp3) is 0.533. The Labute approximate surface area is 112 Å². The molecule has 2 heterocycles. The summed E-state index contributed by atoms with van der Waals surface area (Å²) < 4.78 is 13.3. The highest BCUT2D eigenvalue weighted by molar-refractivity contribution is 5.95. The van der Waals surface area contributed by atoms with Crippen molar-refractivity contribution in [2.45, 2.75) is 38.3 Å². The third kappa shape index (κ3) is 2.50. The molecule has 2 fully saturated rings.